The van der Waals surface area contributed by atoms with Crippen LogP contribution in [-0.2, 0) is 0 Å². The second-order valence-corrected chi connectivity index (χ2v) is 7.26. The molecule has 4 nitrogen and oxygen atoms in total. The van der Waals surface area contributed by atoms with Gasteiger partial charge in [-0.25, -0.2) is 4.98 Å². The van der Waals surface area contributed by atoms with E-state index in [0.29, 0.717) is 5.11 Å². The fourth-order valence-electron chi connectivity index (χ4n) is 3.15. The Morgan fingerprint density at radius 3 is 2.31 bits per heavy atom. The van der Waals surface area contributed by atoms with Gasteiger partial charge in [0.25, 0.3) is 0 Å². The van der Waals surface area contributed by atoms with Crippen molar-refractivity contribution in [3.63, 3.8) is 0 Å². The van der Waals surface area contributed by atoms with Crippen LogP contribution in [0.3, 0.4) is 0 Å². The molecule has 0 bridgehead atoms. The lowest BCUT2D eigenvalue weighted by atomic mass is 10.1. The van der Waals surface area contributed by atoms with Crippen LogP contribution in [0.2, 0.25) is 0 Å². The molecule has 1 heterocycles. The topological polar surface area (TPSA) is 49.0 Å². The Labute approximate surface area is 176 Å². The summed E-state index contributed by atoms with van der Waals surface area (Å²) in [5.74, 6) is 0.780. The average molecular weight is 399 g/mol. The van der Waals surface area contributed by atoms with Gasteiger partial charge in [-0.1, -0.05) is 60.7 Å². The minimum atomic E-state index is 0.123. The van der Waals surface area contributed by atoms with Crippen molar-refractivity contribution < 1.29 is 0 Å². The molecule has 0 aliphatic rings. The molecule has 5 heteroatoms. The zero-order chi connectivity index (χ0) is 20.1. The maximum absolute atomic E-state index is 5.43. The van der Waals surface area contributed by atoms with Crippen molar-refractivity contribution in [3.05, 3.63) is 96.7 Å². The first-order chi connectivity index (χ1) is 14.2. The summed E-state index contributed by atoms with van der Waals surface area (Å²) in [7, 11) is 0. The molecule has 0 saturated carbocycles. The van der Waals surface area contributed by atoms with Gasteiger partial charge in [0.2, 0.25) is 0 Å². The quantitative estimate of drug-likeness (QED) is 0.359. The first-order valence-electron chi connectivity index (χ1n) is 9.52. The van der Waals surface area contributed by atoms with E-state index in [-0.39, 0.29) is 6.04 Å². The van der Waals surface area contributed by atoms with Crippen LogP contribution in [-0.4, -0.2) is 10.1 Å². The molecule has 0 radical (unpaired) electrons. The summed E-state index contributed by atoms with van der Waals surface area (Å²) in [6, 6.07) is 28.8. The van der Waals surface area contributed by atoms with E-state index in [1.165, 1.54) is 16.3 Å². The highest BCUT2D eigenvalue weighted by atomic mass is 32.1. The summed E-state index contributed by atoms with van der Waals surface area (Å²) in [6.45, 7) is 2.08. The third-order valence-electron chi connectivity index (χ3n) is 4.69. The maximum Gasteiger partial charge on any atom is 0.171 e. The van der Waals surface area contributed by atoms with E-state index in [1.807, 2.05) is 42.5 Å². The van der Waals surface area contributed by atoms with Gasteiger partial charge in [0.15, 0.2) is 5.11 Å². The fourth-order valence-corrected chi connectivity index (χ4v) is 3.44. The van der Waals surface area contributed by atoms with Crippen LogP contribution in [0, 0.1) is 0 Å². The first kappa shape index (κ1) is 18.9. The highest BCUT2D eigenvalue weighted by Gasteiger charge is 2.07. The Morgan fingerprint density at radius 2 is 1.55 bits per heavy atom. The minimum Gasteiger partial charge on any atom is -0.356 e. The molecule has 4 aromatic rings. The van der Waals surface area contributed by atoms with Crippen molar-refractivity contribution in [2.24, 2.45) is 0 Å². The number of thiocarbonyl (C=S) groups is 1. The van der Waals surface area contributed by atoms with E-state index in [4.69, 9.17) is 12.2 Å². The average Bonchev–Trinajstić information content (AvgIpc) is 2.75. The number of nitrogens with one attached hydrogen (secondary N) is 3. The molecule has 0 fully saturated rings. The van der Waals surface area contributed by atoms with Crippen LogP contribution < -0.4 is 16.0 Å². The lowest BCUT2D eigenvalue weighted by Crippen LogP contribution is -2.30. The molecule has 144 valence electrons. The van der Waals surface area contributed by atoms with Crippen LogP contribution >= 0.6 is 12.2 Å². The third-order valence-corrected chi connectivity index (χ3v) is 4.91. The Bertz CT molecular complexity index is 1110. The maximum atomic E-state index is 5.43. The van der Waals surface area contributed by atoms with E-state index < -0.39 is 0 Å². The molecular weight excluding hydrogens is 376 g/mol. The number of hydrogen-bond acceptors (Lipinski definition) is 3. The standard InChI is InChI=1S/C24H22N4S/c1-17(18-7-3-2-4-8-18)26-24(29)28-22-13-14-23(25-16-22)27-21-12-11-19-9-5-6-10-20(19)15-21/h2-17H,1H3,(H,25,27)(H2,26,28,29)/t17-/m0/s1. The van der Waals surface area contributed by atoms with E-state index >= 15 is 0 Å². The lowest BCUT2D eigenvalue weighted by molar-refractivity contribution is 0.722. The Hall–Kier alpha value is -3.44. The number of nitrogens with zero attached hydrogens (tertiary/aromatic N) is 1. The molecule has 1 aromatic heterocycles. The van der Waals surface area contributed by atoms with Gasteiger partial charge >= 0.3 is 0 Å². The Balaban J connectivity index is 1.36. The third kappa shape index (κ3) is 4.89. The van der Waals surface area contributed by atoms with Crippen LogP contribution in [0.5, 0.6) is 0 Å². The van der Waals surface area contributed by atoms with Gasteiger partial charge in [-0.2, -0.15) is 0 Å². The molecular formula is C24H22N4S. The van der Waals surface area contributed by atoms with Crippen molar-refractivity contribution in [2.45, 2.75) is 13.0 Å². The second kappa shape index (κ2) is 8.71. The van der Waals surface area contributed by atoms with Crippen molar-refractivity contribution in [1.82, 2.24) is 10.3 Å². The Kier molecular flexibility index (Phi) is 5.68. The molecule has 3 aromatic carbocycles. The fraction of sp³-hybridized carbons (Fsp3) is 0.0833. The van der Waals surface area contributed by atoms with Gasteiger partial charge < -0.3 is 16.0 Å². The molecule has 0 aliphatic carbocycles. The number of aromatic nitrogens is 1. The SMILES string of the molecule is C[C@H](NC(=S)Nc1ccc(Nc2ccc3ccccc3c2)nc1)c1ccccc1. The van der Waals surface area contributed by atoms with E-state index in [0.717, 1.165) is 17.2 Å². The van der Waals surface area contributed by atoms with E-state index in [9.17, 15) is 0 Å². The van der Waals surface area contributed by atoms with Crippen LogP contribution in [0.4, 0.5) is 17.2 Å². The largest absolute Gasteiger partial charge is 0.356 e. The predicted octanol–water partition coefficient (Wildman–Crippen LogP) is 6.03. The van der Waals surface area contributed by atoms with Gasteiger partial charge in [-0.05, 0) is 59.7 Å². The number of fused-ring (bicyclic) bond motifs is 1. The Morgan fingerprint density at radius 1 is 0.828 bits per heavy atom. The molecule has 0 saturated heterocycles. The molecule has 0 spiro atoms. The smallest absolute Gasteiger partial charge is 0.171 e. The van der Waals surface area contributed by atoms with Crippen LogP contribution in [0.25, 0.3) is 10.8 Å². The zero-order valence-corrected chi connectivity index (χ0v) is 16.9. The summed E-state index contributed by atoms with van der Waals surface area (Å²) < 4.78 is 0. The first-order valence-corrected chi connectivity index (χ1v) is 9.92. The predicted molar refractivity (Wildman–Crippen MR) is 126 cm³/mol. The van der Waals surface area contributed by atoms with Crippen molar-refractivity contribution in [2.75, 3.05) is 10.6 Å². The minimum absolute atomic E-state index is 0.123. The van der Waals surface area contributed by atoms with E-state index in [1.54, 1.807) is 6.20 Å². The summed E-state index contributed by atoms with van der Waals surface area (Å²) in [4.78, 5) is 4.48. The number of anilines is 3. The summed E-state index contributed by atoms with van der Waals surface area (Å²) in [6.07, 6.45) is 1.77. The number of benzene rings is 3. The molecule has 0 unspecified atom stereocenters. The van der Waals surface area contributed by atoms with Crippen LogP contribution in [0.15, 0.2) is 91.1 Å². The number of pyridine rings is 1. The van der Waals surface area contributed by atoms with Gasteiger partial charge in [-0.15, -0.1) is 0 Å². The number of hydrogen-bond donors (Lipinski definition) is 3. The zero-order valence-electron chi connectivity index (χ0n) is 16.1. The second-order valence-electron chi connectivity index (χ2n) is 6.85. The van der Waals surface area contributed by atoms with Gasteiger partial charge in [-0.3, -0.25) is 0 Å². The van der Waals surface area contributed by atoms with E-state index in [2.05, 4.69) is 70.3 Å². The molecule has 4 rings (SSSR count). The monoisotopic (exact) mass is 398 g/mol. The van der Waals surface area contributed by atoms with Gasteiger partial charge in [0, 0.05) is 5.69 Å². The molecule has 29 heavy (non-hydrogen) atoms. The lowest BCUT2D eigenvalue weighted by Gasteiger charge is -2.17. The molecule has 1 atom stereocenters. The van der Waals surface area contributed by atoms with Gasteiger partial charge in [0.1, 0.15) is 5.82 Å². The highest BCUT2D eigenvalue weighted by molar-refractivity contribution is 7.80. The number of rotatable bonds is 5. The van der Waals surface area contributed by atoms with Crippen molar-refractivity contribution in [3.8, 4) is 0 Å². The molecule has 0 aliphatic heterocycles. The van der Waals surface area contributed by atoms with Crippen molar-refractivity contribution >= 4 is 45.3 Å². The van der Waals surface area contributed by atoms with Gasteiger partial charge in [0.05, 0.1) is 17.9 Å². The summed E-state index contributed by atoms with van der Waals surface area (Å²) in [5.41, 5.74) is 3.03. The molecule has 0 amide bonds. The summed E-state index contributed by atoms with van der Waals surface area (Å²) >= 11 is 5.43. The molecule has 3 N–H and O–H groups in total. The van der Waals surface area contributed by atoms with Crippen molar-refractivity contribution in [1.29, 1.82) is 0 Å². The normalized spacial score (nSPS) is 11.6. The highest BCUT2D eigenvalue weighted by Crippen LogP contribution is 2.22. The van der Waals surface area contributed by atoms with Crippen LogP contribution in [0.1, 0.15) is 18.5 Å². The summed E-state index contributed by atoms with van der Waals surface area (Å²) in [5, 5.41) is 12.8.